The SMILES string of the molecule is CC([NH3+])C(C=N)=C(C=O)C=CCF. The summed E-state index contributed by atoms with van der Waals surface area (Å²) >= 11 is 0. The molecule has 0 aliphatic carbocycles. The number of halogens is 1. The molecule has 72 valence electrons. The van der Waals surface area contributed by atoms with Crippen molar-refractivity contribution in [2.75, 3.05) is 6.67 Å². The molecule has 0 aliphatic rings. The summed E-state index contributed by atoms with van der Waals surface area (Å²) in [5.74, 6) is 0. The second-order valence-corrected chi connectivity index (χ2v) is 2.63. The van der Waals surface area contributed by atoms with E-state index in [4.69, 9.17) is 5.41 Å². The molecule has 0 spiro atoms. The topological polar surface area (TPSA) is 68.6 Å². The van der Waals surface area contributed by atoms with Gasteiger partial charge in [0.25, 0.3) is 0 Å². The number of hydrogen-bond acceptors (Lipinski definition) is 2. The standard InChI is InChI=1S/C9H13FN2O/c1-7(12)9(5-11)8(6-13)3-2-4-10/h2-3,5-7,11H,4,12H2,1H3/p+1. The van der Waals surface area contributed by atoms with Crippen LogP contribution >= 0.6 is 0 Å². The highest BCUT2D eigenvalue weighted by atomic mass is 19.1. The molecule has 0 aromatic carbocycles. The van der Waals surface area contributed by atoms with Crippen LogP contribution in [-0.4, -0.2) is 25.2 Å². The Kier molecular flexibility index (Phi) is 5.63. The zero-order valence-electron chi connectivity index (χ0n) is 7.59. The molecule has 0 aliphatic heterocycles. The van der Waals surface area contributed by atoms with Crippen molar-refractivity contribution in [2.45, 2.75) is 13.0 Å². The van der Waals surface area contributed by atoms with E-state index in [0.717, 1.165) is 6.21 Å². The van der Waals surface area contributed by atoms with Gasteiger partial charge < -0.3 is 11.1 Å². The van der Waals surface area contributed by atoms with Crippen molar-refractivity contribution in [3.63, 3.8) is 0 Å². The van der Waals surface area contributed by atoms with Crippen LogP contribution < -0.4 is 5.73 Å². The highest BCUT2D eigenvalue weighted by molar-refractivity contribution is 5.91. The van der Waals surface area contributed by atoms with Crippen LogP contribution in [0.1, 0.15) is 6.92 Å². The number of alkyl halides is 1. The number of rotatable bonds is 5. The lowest BCUT2D eigenvalue weighted by Gasteiger charge is -2.03. The quantitative estimate of drug-likeness (QED) is 0.275. The number of nitrogens with one attached hydrogen (secondary N) is 1. The van der Waals surface area contributed by atoms with Gasteiger partial charge in [-0.1, -0.05) is 12.2 Å². The summed E-state index contributed by atoms with van der Waals surface area (Å²) in [4.78, 5) is 10.6. The van der Waals surface area contributed by atoms with E-state index in [9.17, 15) is 9.18 Å². The lowest BCUT2D eigenvalue weighted by atomic mass is 10.0. The summed E-state index contributed by atoms with van der Waals surface area (Å²) < 4.78 is 11.8. The van der Waals surface area contributed by atoms with Gasteiger partial charge in [-0.25, -0.2) is 4.39 Å². The Labute approximate surface area is 76.6 Å². The Morgan fingerprint density at radius 1 is 1.69 bits per heavy atom. The van der Waals surface area contributed by atoms with Crippen LogP contribution in [0.2, 0.25) is 0 Å². The van der Waals surface area contributed by atoms with Gasteiger partial charge in [0.05, 0.1) is 0 Å². The zero-order valence-corrected chi connectivity index (χ0v) is 7.59. The van der Waals surface area contributed by atoms with E-state index in [-0.39, 0.29) is 6.04 Å². The monoisotopic (exact) mass is 185 g/mol. The van der Waals surface area contributed by atoms with Gasteiger partial charge in [-0.15, -0.1) is 0 Å². The molecule has 0 rings (SSSR count). The number of carbonyl (C=O) groups excluding carboxylic acids is 1. The van der Waals surface area contributed by atoms with Crippen LogP contribution in [-0.2, 0) is 4.79 Å². The molecule has 3 nitrogen and oxygen atoms in total. The predicted molar refractivity (Wildman–Crippen MR) is 49.3 cm³/mol. The van der Waals surface area contributed by atoms with Gasteiger partial charge in [-0.05, 0) is 6.92 Å². The second kappa shape index (κ2) is 6.25. The normalized spacial score (nSPS) is 15.3. The molecule has 0 saturated carbocycles. The average Bonchev–Trinajstić information content (AvgIpc) is 2.11. The molecule has 0 bridgehead atoms. The highest BCUT2D eigenvalue weighted by Crippen LogP contribution is 2.04. The molecule has 0 fully saturated rings. The molecule has 0 aromatic rings. The van der Waals surface area contributed by atoms with Gasteiger partial charge in [0.15, 0.2) is 6.29 Å². The lowest BCUT2D eigenvalue weighted by Crippen LogP contribution is -2.60. The third kappa shape index (κ3) is 3.75. The first-order valence-corrected chi connectivity index (χ1v) is 3.92. The molecule has 0 amide bonds. The minimum atomic E-state index is -0.617. The van der Waals surface area contributed by atoms with Crippen molar-refractivity contribution in [1.29, 1.82) is 5.41 Å². The Hall–Kier alpha value is -1.29. The second-order valence-electron chi connectivity index (χ2n) is 2.63. The highest BCUT2D eigenvalue weighted by Gasteiger charge is 2.08. The maximum Gasteiger partial charge on any atom is 0.150 e. The molecule has 13 heavy (non-hydrogen) atoms. The van der Waals surface area contributed by atoms with Crippen molar-refractivity contribution in [2.24, 2.45) is 0 Å². The molecular weight excluding hydrogens is 171 g/mol. The van der Waals surface area contributed by atoms with Crippen molar-refractivity contribution < 1.29 is 14.9 Å². The van der Waals surface area contributed by atoms with E-state index < -0.39 is 6.67 Å². The van der Waals surface area contributed by atoms with Crippen LogP contribution in [0.15, 0.2) is 23.3 Å². The number of allylic oxidation sites excluding steroid dienone is 3. The van der Waals surface area contributed by atoms with Gasteiger partial charge in [0.1, 0.15) is 12.7 Å². The molecule has 4 heteroatoms. The summed E-state index contributed by atoms with van der Waals surface area (Å²) in [7, 11) is 0. The largest absolute Gasteiger partial charge is 0.352 e. The summed E-state index contributed by atoms with van der Waals surface area (Å²) in [6.07, 6.45) is 4.28. The van der Waals surface area contributed by atoms with Crippen LogP contribution in [0.4, 0.5) is 4.39 Å². The molecular formula is C9H14FN2O+. The first kappa shape index (κ1) is 11.7. The van der Waals surface area contributed by atoms with Crippen molar-refractivity contribution >= 4 is 12.5 Å². The summed E-state index contributed by atoms with van der Waals surface area (Å²) in [5.41, 5.74) is 4.52. The van der Waals surface area contributed by atoms with E-state index in [1.807, 2.05) is 0 Å². The maximum absolute atomic E-state index is 11.8. The summed E-state index contributed by atoms with van der Waals surface area (Å²) in [5, 5.41) is 7.05. The summed E-state index contributed by atoms with van der Waals surface area (Å²) in [6.45, 7) is 1.15. The Morgan fingerprint density at radius 3 is 2.62 bits per heavy atom. The molecule has 0 radical (unpaired) electrons. The average molecular weight is 185 g/mol. The van der Waals surface area contributed by atoms with Crippen LogP contribution in [0.5, 0.6) is 0 Å². The van der Waals surface area contributed by atoms with Gasteiger partial charge in [-0.3, -0.25) is 4.79 Å². The lowest BCUT2D eigenvalue weighted by molar-refractivity contribution is -0.399. The van der Waals surface area contributed by atoms with E-state index >= 15 is 0 Å². The van der Waals surface area contributed by atoms with Crippen LogP contribution in [0, 0.1) is 5.41 Å². The van der Waals surface area contributed by atoms with E-state index in [1.165, 1.54) is 12.2 Å². The molecule has 1 unspecified atom stereocenters. The van der Waals surface area contributed by atoms with Gasteiger partial charge >= 0.3 is 0 Å². The van der Waals surface area contributed by atoms with Crippen molar-refractivity contribution in [3.8, 4) is 0 Å². The van der Waals surface area contributed by atoms with Gasteiger partial charge in [-0.2, -0.15) is 0 Å². The molecule has 1 atom stereocenters. The Morgan fingerprint density at radius 2 is 2.31 bits per heavy atom. The van der Waals surface area contributed by atoms with Crippen LogP contribution in [0.25, 0.3) is 0 Å². The fourth-order valence-corrected chi connectivity index (χ4v) is 0.885. The fourth-order valence-electron chi connectivity index (χ4n) is 0.885. The summed E-state index contributed by atoms with van der Waals surface area (Å²) in [6, 6.07) is -0.151. The van der Waals surface area contributed by atoms with E-state index in [1.54, 1.807) is 6.92 Å². The minimum Gasteiger partial charge on any atom is -0.352 e. The van der Waals surface area contributed by atoms with E-state index in [0.29, 0.717) is 17.4 Å². The van der Waals surface area contributed by atoms with Gasteiger partial charge in [0, 0.05) is 17.4 Å². The number of quaternary nitrogens is 1. The van der Waals surface area contributed by atoms with Gasteiger partial charge in [0.2, 0.25) is 0 Å². The van der Waals surface area contributed by atoms with Crippen molar-refractivity contribution in [3.05, 3.63) is 23.3 Å². The number of aldehydes is 1. The smallest absolute Gasteiger partial charge is 0.150 e. The third-order valence-corrected chi connectivity index (χ3v) is 1.53. The third-order valence-electron chi connectivity index (χ3n) is 1.53. The van der Waals surface area contributed by atoms with Crippen molar-refractivity contribution in [1.82, 2.24) is 0 Å². The van der Waals surface area contributed by atoms with Crippen LogP contribution in [0.3, 0.4) is 0 Å². The minimum absolute atomic E-state index is 0.151. The first-order chi connectivity index (χ1) is 6.17. The molecule has 0 heterocycles. The first-order valence-electron chi connectivity index (χ1n) is 3.92. The molecule has 4 N–H and O–H groups in total. The fraction of sp³-hybridized carbons (Fsp3) is 0.333. The number of carbonyl (C=O) groups is 1. The van der Waals surface area contributed by atoms with E-state index in [2.05, 4.69) is 5.73 Å². The predicted octanol–water partition coefficient (Wildman–Crippen LogP) is 0.288. The zero-order chi connectivity index (χ0) is 10.3. The molecule has 0 saturated heterocycles. The Balaban J connectivity index is 4.93. The number of hydrogen-bond donors (Lipinski definition) is 2. The molecule has 0 aromatic heterocycles. The maximum atomic E-state index is 11.8. The Bertz CT molecular complexity index is 244.